The van der Waals surface area contributed by atoms with Crippen molar-refractivity contribution in [2.24, 2.45) is 5.73 Å². The van der Waals surface area contributed by atoms with E-state index in [1.807, 2.05) is 0 Å². The van der Waals surface area contributed by atoms with Gasteiger partial charge in [-0.25, -0.2) is 0 Å². The Bertz CT molecular complexity index is 488. The zero-order chi connectivity index (χ0) is 14.6. The number of nitrogens with two attached hydrogens (primary N) is 1. The van der Waals surface area contributed by atoms with Crippen molar-refractivity contribution in [1.82, 2.24) is 5.32 Å². The molecule has 19 heavy (non-hydrogen) atoms. The number of carbonyl (C=O) groups excluding carboxylic acids is 2. The molecule has 1 rings (SSSR count). The normalized spacial score (nSPS) is 12.8. The van der Waals surface area contributed by atoms with E-state index in [9.17, 15) is 9.59 Å². The Kier molecular flexibility index (Phi) is 5.74. The van der Waals surface area contributed by atoms with E-state index < -0.39 is 21.6 Å². The van der Waals surface area contributed by atoms with Crippen LogP contribution in [-0.4, -0.2) is 21.5 Å². The van der Waals surface area contributed by atoms with Gasteiger partial charge in [0.1, 0.15) is 11.9 Å². The van der Waals surface area contributed by atoms with E-state index >= 15 is 0 Å². The summed E-state index contributed by atoms with van der Waals surface area (Å²) in [7, 11) is 0. The molecule has 0 radical (unpaired) electrons. The molecule has 1 aromatic rings. The second-order valence-electron chi connectivity index (χ2n) is 3.63. The average Bonchev–Trinajstić information content (AvgIpc) is 2.34. The fraction of sp³-hybridized carbons (Fsp3) is 0.273. The molecule has 1 unspecified atom stereocenters. The Balaban J connectivity index is 3.25. The lowest BCUT2D eigenvalue weighted by Gasteiger charge is -2.27. The summed E-state index contributed by atoms with van der Waals surface area (Å²) >= 11 is 22.9. The van der Waals surface area contributed by atoms with Gasteiger partial charge in [-0.1, -0.05) is 53.0 Å². The highest BCUT2D eigenvalue weighted by atomic mass is 35.6. The Labute approximate surface area is 130 Å². The van der Waals surface area contributed by atoms with Gasteiger partial charge in [-0.15, -0.1) is 11.6 Å². The monoisotopic (exact) mass is 342 g/mol. The SMILES string of the molecule is NC(=O)c1ccccc1C(NC(=O)CCl)C(Cl)(Cl)Cl. The van der Waals surface area contributed by atoms with Crippen LogP contribution < -0.4 is 11.1 Å². The van der Waals surface area contributed by atoms with Gasteiger partial charge in [0.2, 0.25) is 15.6 Å². The predicted octanol–water partition coefficient (Wildman–Crippen LogP) is 2.55. The first-order valence-corrected chi connectivity index (χ1v) is 6.75. The van der Waals surface area contributed by atoms with E-state index in [2.05, 4.69) is 5.32 Å². The number of carbonyl (C=O) groups is 2. The third kappa shape index (κ3) is 4.42. The van der Waals surface area contributed by atoms with E-state index in [4.69, 9.17) is 52.1 Å². The van der Waals surface area contributed by atoms with Gasteiger partial charge in [0.15, 0.2) is 0 Å². The van der Waals surface area contributed by atoms with Crippen molar-refractivity contribution in [1.29, 1.82) is 0 Å². The zero-order valence-electron chi connectivity index (χ0n) is 9.50. The Hall–Kier alpha value is -0.680. The molecule has 0 aromatic heterocycles. The summed E-state index contributed by atoms with van der Waals surface area (Å²) in [4.78, 5) is 22.8. The van der Waals surface area contributed by atoms with E-state index in [1.165, 1.54) is 6.07 Å². The van der Waals surface area contributed by atoms with Gasteiger partial charge in [-0.05, 0) is 11.6 Å². The third-order valence-corrected chi connectivity index (χ3v) is 3.19. The van der Waals surface area contributed by atoms with Crippen LogP contribution in [0.1, 0.15) is 22.0 Å². The second-order valence-corrected chi connectivity index (χ2v) is 6.26. The molecule has 0 heterocycles. The molecule has 2 amide bonds. The van der Waals surface area contributed by atoms with Crippen LogP contribution in [0.3, 0.4) is 0 Å². The number of rotatable bonds is 4. The van der Waals surface area contributed by atoms with Crippen LogP contribution in [0.2, 0.25) is 0 Å². The van der Waals surface area contributed by atoms with Gasteiger partial charge >= 0.3 is 0 Å². The molecule has 0 aliphatic heterocycles. The molecule has 0 saturated heterocycles. The van der Waals surface area contributed by atoms with Crippen LogP contribution in [0.15, 0.2) is 24.3 Å². The van der Waals surface area contributed by atoms with E-state index in [0.717, 1.165) is 0 Å². The smallest absolute Gasteiger partial charge is 0.249 e. The van der Waals surface area contributed by atoms with Gasteiger partial charge in [0.25, 0.3) is 0 Å². The highest BCUT2D eigenvalue weighted by Crippen LogP contribution is 2.40. The fourth-order valence-electron chi connectivity index (χ4n) is 1.51. The maximum atomic E-state index is 11.4. The maximum absolute atomic E-state index is 11.4. The fourth-order valence-corrected chi connectivity index (χ4v) is 2.10. The number of alkyl halides is 4. The molecule has 3 N–H and O–H groups in total. The summed E-state index contributed by atoms with van der Waals surface area (Å²) in [5.74, 6) is -1.51. The Morgan fingerprint density at radius 3 is 2.32 bits per heavy atom. The minimum Gasteiger partial charge on any atom is -0.366 e. The van der Waals surface area contributed by atoms with E-state index in [0.29, 0.717) is 5.56 Å². The molecular weight excluding hydrogens is 334 g/mol. The van der Waals surface area contributed by atoms with E-state index in [-0.39, 0.29) is 11.4 Å². The third-order valence-electron chi connectivity index (χ3n) is 2.29. The molecule has 0 aliphatic carbocycles. The average molecular weight is 344 g/mol. The molecule has 4 nitrogen and oxygen atoms in total. The van der Waals surface area contributed by atoms with Gasteiger partial charge < -0.3 is 11.1 Å². The molecule has 1 aromatic carbocycles. The van der Waals surface area contributed by atoms with Crippen LogP contribution in [0.4, 0.5) is 0 Å². The summed E-state index contributed by atoms with van der Waals surface area (Å²) in [6, 6.07) is 5.24. The molecule has 0 bridgehead atoms. The molecule has 8 heteroatoms. The predicted molar refractivity (Wildman–Crippen MR) is 76.9 cm³/mol. The van der Waals surface area contributed by atoms with Gasteiger partial charge in [0, 0.05) is 5.56 Å². The topological polar surface area (TPSA) is 72.2 Å². The number of amides is 2. The number of hydrogen-bond acceptors (Lipinski definition) is 2. The first-order valence-electron chi connectivity index (χ1n) is 5.08. The highest BCUT2D eigenvalue weighted by molar-refractivity contribution is 6.68. The highest BCUT2D eigenvalue weighted by Gasteiger charge is 2.36. The van der Waals surface area contributed by atoms with Crippen molar-refractivity contribution >= 4 is 58.2 Å². The number of primary amides is 1. The lowest BCUT2D eigenvalue weighted by atomic mass is 10.0. The Morgan fingerprint density at radius 2 is 1.84 bits per heavy atom. The lowest BCUT2D eigenvalue weighted by molar-refractivity contribution is -0.119. The van der Waals surface area contributed by atoms with Crippen molar-refractivity contribution in [2.45, 2.75) is 9.83 Å². The van der Waals surface area contributed by atoms with Crippen LogP contribution in [0.25, 0.3) is 0 Å². The second kappa shape index (κ2) is 6.66. The van der Waals surface area contributed by atoms with Crippen molar-refractivity contribution in [3.8, 4) is 0 Å². The number of benzene rings is 1. The zero-order valence-corrected chi connectivity index (χ0v) is 12.5. The summed E-state index contributed by atoms with van der Waals surface area (Å²) < 4.78 is -1.85. The van der Waals surface area contributed by atoms with Crippen LogP contribution in [0.5, 0.6) is 0 Å². The van der Waals surface area contributed by atoms with Crippen molar-refractivity contribution in [3.63, 3.8) is 0 Å². The minimum absolute atomic E-state index is 0.161. The first kappa shape index (κ1) is 16.4. The molecule has 0 saturated carbocycles. The molecule has 104 valence electrons. The van der Waals surface area contributed by atoms with Crippen LogP contribution in [0, 0.1) is 0 Å². The van der Waals surface area contributed by atoms with Crippen molar-refractivity contribution in [3.05, 3.63) is 35.4 Å². The summed E-state index contributed by atoms with van der Waals surface area (Å²) in [6.45, 7) is 0. The summed E-state index contributed by atoms with van der Waals surface area (Å²) in [6.07, 6.45) is 0. The van der Waals surface area contributed by atoms with Gasteiger partial charge in [0.05, 0.1) is 0 Å². The minimum atomic E-state index is -1.85. The largest absolute Gasteiger partial charge is 0.366 e. The maximum Gasteiger partial charge on any atom is 0.249 e. The summed E-state index contributed by atoms with van der Waals surface area (Å²) in [5, 5.41) is 2.44. The van der Waals surface area contributed by atoms with Crippen LogP contribution in [-0.2, 0) is 4.79 Å². The first-order chi connectivity index (χ1) is 8.77. The summed E-state index contributed by atoms with van der Waals surface area (Å²) in [5.41, 5.74) is 5.73. The van der Waals surface area contributed by atoms with Gasteiger partial charge in [-0.3, -0.25) is 9.59 Å². The number of halogens is 4. The standard InChI is InChI=1S/C11H10Cl4N2O2/c12-5-8(18)17-9(11(13,14)15)6-3-1-2-4-7(6)10(16)19/h1-4,9H,5H2,(H2,16,19)(H,17,18). The number of nitrogens with one attached hydrogen (secondary N) is 1. The molecule has 1 atom stereocenters. The van der Waals surface area contributed by atoms with Gasteiger partial charge in [-0.2, -0.15) is 0 Å². The number of hydrogen-bond donors (Lipinski definition) is 2. The van der Waals surface area contributed by atoms with Crippen molar-refractivity contribution < 1.29 is 9.59 Å². The molecule has 0 fully saturated rings. The van der Waals surface area contributed by atoms with Crippen molar-refractivity contribution in [2.75, 3.05) is 5.88 Å². The lowest BCUT2D eigenvalue weighted by Crippen LogP contribution is -2.38. The van der Waals surface area contributed by atoms with Crippen LogP contribution >= 0.6 is 46.4 Å². The Morgan fingerprint density at radius 1 is 1.26 bits per heavy atom. The molecule has 0 spiro atoms. The quantitative estimate of drug-likeness (QED) is 0.824. The van der Waals surface area contributed by atoms with E-state index in [1.54, 1.807) is 18.2 Å². The molecule has 0 aliphatic rings. The molecular formula is C11H10Cl4N2O2.